The van der Waals surface area contributed by atoms with Gasteiger partial charge < -0.3 is 0 Å². The van der Waals surface area contributed by atoms with Gasteiger partial charge in [-0.3, -0.25) is 0 Å². The second kappa shape index (κ2) is 5.25. The molecule has 2 rings (SSSR count). The molecule has 1 heterocycles. The normalized spacial score (nSPS) is 10.7. The van der Waals surface area contributed by atoms with Crippen LogP contribution in [0.3, 0.4) is 0 Å². The first-order valence-corrected chi connectivity index (χ1v) is 6.47. The maximum Gasteiger partial charge on any atom is 0.137 e. The fourth-order valence-corrected chi connectivity index (χ4v) is 2.36. The summed E-state index contributed by atoms with van der Waals surface area (Å²) in [7, 11) is 0. The topological polar surface area (TPSA) is 25.8 Å². The molecule has 0 saturated heterocycles. The summed E-state index contributed by atoms with van der Waals surface area (Å²) in [6.45, 7) is 5.96. The van der Waals surface area contributed by atoms with Gasteiger partial charge in [-0.2, -0.15) is 0 Å². The predicted octanol–water partition coefficient (Wildman–Crippen LogP) is 4.30. The minimum absolute atomic E-state index is 0.425. The number of rotatable bonds is 2. The van der Waals surface area contributed by atoms with Crippen molar-refractivity contribution < 1.29 is 0 Å². The SMILES string of the molecule is Cc1cc(C)cc(Cc2nc(Cl)c(C)c(Cl)n2)c1. The Morgan fingerprint density at radius 1 is 0.889 bits per heavy atom. The molecule has 4 heteroatoms. The Morgan fingerprint density at radius 2 is 1.39 bits per heavy atom. The second-order valence-electron chi connectivity index (χ2n) is 4.52. The maximum absolute atomic E-state index is 6.01. The monoisotopic (exact) mass is 280 g/mol. The van der Waals surface area contributed by atoms with Crippen molar-refractivity contribution in [3.05, 3.63) is 56.6 Å². The third-order valence-electron chi connectivity index (χ3n) is 2.72. The van der Waals surface area contributed by atoms with E-state index in [9.17, 15) is 0 Å². The highest BCUT2D eigenvalue weighted by atomic mass is 35.5. The van der Waals surface area contributed by atoms with E-state index in [1.54, 1.807) is 0 Å². The predicted molar refractivity (Wildman–Crippen MR) is 75.5 cm³/mol. The molecule has 0 radical (unpaired) electrons. The first-order valence-electron chi connectivity index (χ1n) is 5.71. The molecule has 0 fully saturated rings. The van der Waals surface area contributed by atoms with Gasteiger partial charge in [0.15, 0.2) is 0 Å². The van der Waals surface area contributed by atoms with E-state index in [0.29, 0.717) is 22.6 Å². The van der Waals surface area contributed by atoms with Gasteiger partial charge in [0.2, 0.25) is 0 Å². The third kappa shape index (κ3) is 3.01. The van der Waals surface area contributed by atoms with Crippen LogP contribution in [0.25, 0.3) is 0 Å². The van der Waals surface area contributed by atoms with E-state index in [1.807, 2.05) is 6.92 Å². The molecule has 0 atom stereocenters. The highest BCUT2D eigenvalue weighted by Crippen LogP contribution is 2.21. The van der Waals surface area contributed by atoms with Crippen LogP contribution in [0.5, 0.6) is 0 Å². The summed E-state index contributed by atoms with van der Waals surface area (Å²) in [6, 6.07) is 6.38. The fourth-order valence-electron chi connectivity index (χ4n) is 1.94. The van der Waals surface area contributed by atoms with E-state index in [-0.39, 0.29) is 0 Å². The Labute approximate surface area is 117 Å². The molecular weight excluding hydrogens is 267 g/mol. The van der Waals surface area contributed by atoms with Crippen molar-refractivity contribution in [3.63, 3.8) is 0 Å². The summed E-state index contributed by atoms with van der Waals surface area (Å²) in [5.41, 5.74) is 4.36. The number of nitrogens with zero attached hydrogens (tertiary/aromatic N) is 2. The van der Waals surface area contributed by atoms with E-state index in [0.717, 1.165) is 5.56 Å². The standard InChI is InChI=1S/C14H14Cl2N2/c1-8-4-9(2)6-11(5-8)7-12-17-13(15)10(3)14(16)18-12/h4-6H,7H2,1-3H3. The van der Waals surface area contributed by atoms with Crippen molar-refractivity contribution in [1.82, 2.24) is 9.97 Å². The van der Waals surface area contributed by atoms with Gasteiger partial charge in [0, 0.05) is 12.0 Å². The molecule has 1 aromatic carbocycles. The molecular formula is C14H14Cl2N2. The number of aryl methyl sites for hydroxylation is 2. The quantitative estimate of drug-likeness (QED) is 0.767. The number of aromatic nitrogens is 2. The van der Waals surface area contributed by atoms with Gasteiger partial charge in [0.1, 0.15) is 16.1 Å². The van der Waals surface area contributed by atoms with E-state index < -0.39 is 0 Å². The smallest absolute Gasteiger partial charge is 0.137 e. The molecule has 0 spiro atoms. The molecule has 18 heavy (non-hydrogen) atoms. The zero-order valence-corrected chi connectivity index (χ0v) is 12.1. The van der Waals surface area contributed by atoms with Gasteiger partial charge in [-0.05, 0) is 26.3 Å². The van der Waals surface area contributed by atoms with E-state index in [2.05, 4.69) is 42.0 Å². The van der Waals surface area contributed by atoms with Crippen molar-refractivity contribution >= 4 is 23.2 Å². The van der Waals surface area contributed by atoms with Crippen molar-refractivity contribution in [2.45, 2.75) is 27.2 Å². The van der Waals surface area contributed by atoms with Crippen LogP contribution in [0.1, 0.15) is 28.1 Å². The van der Waals surface area contributed by atoms with Crippen molar-refractivity contribution in [2.24, 2.45) is 0 Å². The molecule has 2 nitrogen and oxygen atoms in total. The molecule has 0 saturated carbocycles. The largest absolute Gasteiger partial charge is 0.220 e. The Kier molecular flexibility index (Phi) is 3.88. The van der Waals surface area contributed by atoms with Crippen LogP contribution in [0, 0.1) is 20.8 Å². The summed E-state index contributed by atoms with van der Waals surface area (Å²) >= 11 is 12.0. The lowest BCUT2D eigenvalue weighted by atomic mass is 10.0. The van der Waals surface area contributed by atoms with Crippen LogP contribution in [-0.2, 0) is 6.42 Å². The fraction of sp³-hybridized carbons (Fsp3) is 0.286. The van der Waals surface area contributed by atoms with Crippen LogP contribution in [-0.4, -0.2) is 9.97 Å². The number of hydrogen-bond donors (Lipinski definition) is 0. The minimum Gasteiger partial charge on any atom is -0.220 e. The van der Waals surface area contributed by atoms with Gasteiger partial charge in [0.25, 0.3) is 0 Å². The number of halogens is 2. The molecule has 0 amide bonds. The molecule has 0 aliphatic rings. The van der Waals surface area contributed by atoms with Gasteiger partial charge in [-0.15, -0.1) is 0 Å². The Balaban J connectivity index is 2.34. The summed E-state index contributed by atoms with van der Waals surface area (Å²) in [5, 5.41) is 0.851. The lowest BCUT2D eigenvalue weighted by Crippen LogP contribution is -2.00. The Bertz CT molecular complexity index is 551. The average Bonchev–Trinajstić information content (AvgIpc) is 2.24. The number of hydrogen-bond acceptors (Lipinski definition) is 2. The molecule has 0 aliphatic carbocycles. The maximum atomic E-state index is 6.01. The molecule has 94 valence electrons. The van der Waals surface area contributed by atoms with Gasteiger partial charge in [0.05, 0.1) is 0 Å². The van der Waals surface area contributed by atoms with Crippen LogP contribution < -0.4 is 0 Å². The molecule has 1 aromatic heterocycles. The van der Waals surface area contributed by atoms with Crippen LogP contribution in [0.15, 0.2) is 18.2 Å². The van der Waals surface area contributed by atoms with Gasteiger partial charge in [-0.25, -0.2) is 9.97 Å². The first-order chi connectivity index (χ1) is 8.45. The summed E-state index contributed by atoms with van der Waals surface area (Å²) in [5.74, 6) is 0.653. The Hall–Kier alpha value is -1.12. The average molecular weight is 281 g/mol. The number of benzene rings is 1. The molecule has 0 unspecified atom stereocenters. The van der Waals surface area contributed by atoms with E-state index >= 15 is 0 Å². The highest BCUT2D eigenvalue weighted by Gasteiger charge is 2.08. The lowest BCUT2D eigenvalue weighted by Gasteiger charge is -2.06. The van der Waals surface area contributed by atoms with Crippen molar-refractivity contribution in [1.29, 1.82) is 0 Å². The van der Waals surface area contributed by atoms with E-state index in [1.165, 1.54) is 16.7 Å². The van der Waals surface area contributed by atoms with Gasteiger partial charge >= 0.3 is 0 Å². The molecule has 0 aliphatic heterocycles. The van der Waals surface area contributed by atoms with Crippen LogP contribution >= 0.6 is 23.2 Å². The Morgan fingerprint density at radius 3 is 1.89 bits per heavy atom. The second-order valence-corrected chi connectivity index (χ2v) is 5.24. The zero-order valence-electron chi connectivity index (χ0n) is 10.6. The zero-order chi connectivity index (χ0) is 13.3. The van der Waals surface area contributed by atoms with Crippen LogP contribution in [0.2, 0.25) is 10.3 Å². The summed E-state index contributed by atoms with van der Waals surface area (Å²) in [6.07, 6.45) is 0.641. The summed E-state index contributed by atoms with van der Waals surface area (Å²) in [4.78, 5) is 8.52. The first kappa shape index (κ1) is 13.3. The highest BCUT2D eigenvalue weighted by molar-refractivity contribution is 6.34. The van der Waals surface area contributed by atoms with Crippen molar-refractivity contribution in [2.75, 3.05) is 0 Å². The van der Waals surface area contributed by atoms with E-state index in [4.69, 9.17) is 23.2 Å². The van der Waals surface area contributed by atoms with Crippen molar-refractivity contribution in [3.8, 4) is 0 Å². The molecule has 2 aromatic rings. The summed E-state index contributed by atoms with van der Waals surface area (Å²) < 4.78 is 0. The van der Waals surface area contributed by atoms with Crippen LogP contribution in [0.4, 0.5) is 0 Å². The lowest BCUT2D eigenvalue weighted by molar-refractivity contribution is 0.954. The molecule has 0 N–H and O–H groups in total. The molecule has 0 bridgehead atoms. The minimum atomic E-state index is 0.425. The third-order valence-corrected chi connectivity index (χ3v) is 3.45. The van der Waals surface area contributed by atoms with Gasteiger partial charge in [-0.1, -0.05) is 52.5 Å².